The van der Waals surface area contributed by atoms with Gasteiger partial charge in [-0.2, -0.15) is 0 Å². The van der Waals surface area contributed by atoms with Crippen LogP contribution in [0.5, 0.6) is 0 Å². The molecular weight excluding hydrogens is 254 g/mol. The Hall–Kier alpha value is 0.0969. The van der Waals surface area contributed by atoms with Gasteiger partial charge in [-0.15, -0.1) is 0 Å². The van der Waals surface area contributed by atoms with E-state index in [0.29, 0.717) is 11.5 Å². The summed E-state index contributed by atoms with van der Waals surface area (Å²) in [5.74, 6) is 0.850. The maximum atomic E-state index is 6.15. The van der Waals surface area contributed by atoms with Crippen molar-refractivity contribution in [2.75, 3.05) is 33.4 Å². The lowest BCUT2D eigenvalue weighted by Gasteiger charge is -2.39. The van der Waals surface area contributed by atoms with Gasteiger partial charge in [0.15, 0.2) is 0 Å². The molecule has 1 saturated carbocycles. The van der Waals surface area contributed by atoms with E-state index in [1.165, 1.54) is 25.3 Å². The molecule has 0 aromatic heterocycles. The summed E-state index contributed by atoms with van der Waals surface area (Å²) in [4.78, 5) is 0. The zero-order valence-corrected chi connectivity index (χ0v) is 14.1. The SMILES string of the molecule is COCCNCC1(C[Si](C)(C)C)CCOC1C1CC1. The lowest BCUT2D eigenvalue weighted by Crippen LogP contribution is -2.46. The van der Waals surface area contributed by atoms with Crippen LogP contribution in [0.15, 0.2) is 0 Å². The van der Waals surface area contributed by atoms with Crippen LogP contribution in [-0.4, -0.2) is 47.6 Å². The maximum Gasteiger partial charge on any atom is 0.0669 e. The first kappa shape index (κ1) is 15.5. The highest BCUT2D eigenvalue weighted by atomic mass is 28.3. The summed E-state index contributed by atoms with van der Waals surface area (Å²) < 4.78 is 11.3. The van der Waals surface area contributed by atoms with Crippen LogP contribution in [0.1, 0.15) is 19.3 Å². The number of hydrogen-bond donors (Lipinski definition) is 1. The lowest BCUT2D eigenvalue weighted by atomic mass is 9.80. The van der Waals surface area contributed by atoms with Crippen molar-refractivity contribution in [3.8, 4) is 0 Å². The highest BCUT2D eigenvalue weighted by Gasteiger charge is 2.51. The van der Waals surface area contributed by atoms with Gasteiger partial charge in [0.1, 0.15) is 0 Å². The van der Waals surface area contributed by atoms with Crippen LogP contribution in [0.25, 0.3) is 0 Å². The van der Waals surface area contributed by atoms with E-state index in [2.05, 4.69) is 25.0 Å². The third-order valence-electron chi connectivity index (χ3n) is 4.39. The van der Waals surface area contributed by atoms with E-state index in [1.54, 1.807) is 7.11 Å². The van der Waals surface area contributed by atoms with Crippen molar-refractivity contribution in [1.82, 2.24) is 5.32 Å². The summed E-state index contributed by atoms with van der Waals surface area (Å²) in [5, 5.41) is 3.62. The molecule has 0 aromatic rings. The molecule has 1 N–H and O–H groups in total. The third-order valence-corrected chi connectivity index (χ3v) is 6.16. The van der Waals surface area contributed by atoms with Crippen molar-refractivity contribution in [3.63, 3.8) is 0 Å². The van der Waals surface area contributed by atoms with Gasteiger partial charge >= 0.3 is 0 Å². The van der Waals surface area contributed by atoms with Gasteiger partial charge in [0.05, 0.1) is 12.7 Å². The van der Waals surface area contributed by atoms with Crippen LogP contribution in [0.2, 0.25) is 25.7 Å². The van der Waals surface area contributed by atoms with Crippen molar-refractivity contribution in [2.24, 2.45) is 11.3 Å². The Kier molecular flexibility index (Phi) is 5.09. The van der Waals surface area contributed by atoms with Crippen molar-refractivity contribution in [2.45, 2.75) is 51.1 Å². The van der Waals surface area contributed by atoms with Crippen molar-refractivity contribution >= 4 is 8.07 Å². The van der Waals surface area contributed by atoms with Gasteiger partial charge < -0.3 is 14.8 Å². The van der Waals surface area contributed by atoms with E-state index in [4.69, 9.17) is 9.47 Å². The van der Waals surface area contributed by atoms with Crippen LogP contribution >= 0.6 is 0 Å². The van der Waals surface area contributed by atoms with Crippen LogP contribution in [0, 0.1) is 11.3 Å². The van der Waals surface area contributed by atoms with Crippen molar-refractivity contribution in [3.05, 3.63) is 0 Å². The minimum absolute atomic E-state index is 0.402. The Balaban J connectivity index is 1.99. The Morgan fingerprint density at radius 1 is 1.32 bits per heavy atom. The summed E-state index contributed by atoms with van der Waals surface area (Å²) in [7, 11) is 0.695. The van der Waals surface area contributed by atoms with Crippen molar-refractivity contribution < 1.29 is 9.47 Å². The molecule has 4 heteroatoms. The molecule has 3 nitrogen and oxygen atoms in total. The molecule has 0 spiro atoms. The number of nitrogens with one attached hydrogen (secondary N) is 1. The molecule has 19 heavy (non-hydrogen) atoms. The molecular formula is C15H31NO2Si. The van der Waals surface area contributed by atoms with E-state index in [-0.39, 0.29) is 0 Å². The number of methoxy groups -OCH3 is 1. The largest absolute Gasteiger partial charge is 0.383 e. The second-order valence-electron chi connectivity index (χ2n) is 7.65. The topological polar surface area (TPSA) is 30.5 Å². The minimum atomic E-state index is -1.07. The number of hydrogen-bond acceptors (Lipinski definition) is 3. The predicted molar refractivity (Wildman–Crippen MR) is 82.4 cm³/mol. The Morgan fingerprint density at radius 3 is 2.63 bits per heavy atom. The molecule has 2 aliphatic rings. The monoisotopic (exact) mass is 285 g/mol. The van der Waals surface area contributed by atoms with Crippen molar-refractivity contribution in [1.29, 1.82) is 0 Å². The third kappa shape index (κ3) is 4.28. The summed E-state index contributed by atoms with van der Waals surface area (Å²) in [6.45, 7) is 11.3. The Morgan fingerprint density at radius 2 is 2.05 bits per heavy atom. The molecule has 2 atom stereocenters. The maximum absolute atomic E-state index is 6.15. The lowest BCUT2D eigenvalue weighted by molar-refractivity contribution is 0.0376. The van der Waals surface area contributed by atoms with Crippen LogP contribution in [0.3, 0.4) is 0 Å². The highest BCUT2D eigenvalue weighted by molar-refractivity contribution is 6.76. The van der Waals surface area contributed by atoms with Gasteiger partial charge in [-0.25, -0.2) is 0 Å². The molecule has 2 unspecified atom stereocenters. The van der Waals surface area contributed by atoms with Gasteiger partial charge in [-0.05, 0) is 31.2 Å². The normalized spacial score (nSPS) is 31.9. The smallest absolute Gasteiger partial charge is 0.0669 e. The fourth-order valence-electron chi connectivity index (χ4n) is 3.75. The molecule has 0 aromatic carbocycles. The fourth-order valence-corrected chi connectivity index (χ4v) is 6.37. The average molecular weight is 286 g/mol. The zero-order chi connectivity index (χ0) is 13.9. The van der Waals surface area contributed by atoms with E-state index in [9.17, 15) is 0 Å². The molecule has 1 saturated heterocycles. The number of ether oxygens (including phenoxy) is 2. The van der Waals surface area contributed by atoms with E-state index >= 15 is 0 Å². The van der Waals surface area contributed by atoms with Gasteiger partial charge in [0.25, 0.3) is 0 Å². The first-order valence-corrected chi connectivity index (χ1v) is 11.5. The van der Waals surface area contributed by atoms with Crippen LogP contribution in [-0.2, 0) is 9.47 Å². The van der Waals surface area contributed by atoms with Gasteiger partial charge in [-0.1, -0.05) is 19.6 Å². The standard InChI is InChI=1S/C15H31NO2Si/c1-17-10-8-16-11-15(12-19(2,3)4)7-9-18-14(15)13-5-6-13/h13-14,16H,5-12H2,1-4H3. The summed E-state index contributed by atoms with van der Waals surface area (Å²) in [6.07, 6.45) is 4.54. The first-order valence-electron chi connectivity index (χ1n) is 7.78. The van der Waals surface area contributed by atoms with E-state index < -0.39 is 8.07 Å². The molecule has 0 bridgehead atoms. The zero-order valence-electron chi connectivity index (χ0n) is 13.1. The summed E-state index contributed by atoms with van der Waals surface area (Å²) in [6, 6.07) is 1.39. The Labute approximate surface area is 119 Å². The summed E-state index contributed by atoms with van der Waals surface area (Å²) in [5.41, 5.74) is 0.402. The average Bonchev–Trinajstić information content (AvgIpc) is 3.06. The first-order chi connectivity index (χ1) is 8.97. The number of rotatable bonds is 8. The fraction of sp³-hybridized carbons (Fsp3) is 1.00. The molecule has 2 rings (SSSR count). The van der Waals surface area contributed by atoms with Gasteiger partial charge in [0, 0.05) is 40.3 Å². The molecule has 0 amide bonds. The quantitative estimate of drug-likeness (QED) is 0.549. The molecule has 1 aliphatic heterocycles. The van der Waals surface area contributed by atoms with Crippen LogP contribution < -0.4 is 5.32 Å². The van der Waals surface area contributed by atoms with Crippen LogP contribution in [0.4, 0.5) is 0 Å². The molecule has 0 radical (unpaired) electrons. The molecule has 2 fully saturated rings. The molecule has 112 valence electrons. The van der Waals surface area contributed by atoms with Gasteiger partial charge in [-0.3, -0.25) is 0 Å². The van der Waals surface area contributed by atoms with E-state index in [1.807, 2.05) is 0 Å². The van der Waals surface area contributed by atoms with E-state index in [0.717, 1.165) is 32.2 Å². The molecule has 1 heterocycles. The predicted octanol–water partition coefficient (Wildman–Crippen LogP) is 2.75. The molecule has 1 aliphatic carbocycles. The Bertz CT molecular complexity index is 288. The second-order valence-corrected chi connectivity index (χ2v) is 13.1. The summed E-state index contributed by atoms with van der Waals surface area (Å²) >= 11 is 0. The second kappa shape index (κ2) is 6.25. The van der Waals surface area contributed by atoms with Gasteiger partial charge in [0.2, 0.25) is 0 Å². The minimum Gasteiger partial charge on any atom is -0.383 e. The highest BCUT2D eigenvalue weighted by Crippen LogP contribution is 2.51.